The average molecular weight is 463 g/mol. The van der Waals surface area contributed by atoms with E-state index in [2.05, 4.69) is 52.0 Å². The number of hydrogen-bond donors (Lipinski definition) is 0. The lowest BCUT2D eigenvalue weighted by Crippen LogP contribution is -2.03. The SMILES string of the molecule is C1CCCCC1.CC.CC.Cc1ccc(-c2c3c(cc4c2CC(C)C4C)CCCCC3)c(C)c1. The van der Waals surface area contributed by atoms with Gasteiger partial charge in [0.1, 0.15) is 0 Å². The van der Waals surface area contributed by atoms with Crippen LogP contribution in [0.15, 0.2) is 24.3 Å². The van der Waals surface area contributed by atoms with Crippen LogP contribution in [-0.4, -0.2) is 0 Å². The first-order valence-corrected chi connectivity index (χ1v) is 14.8. The van der Waals surface area contributed by atoms with Crippen LogP contribution in [0.5, 0.6) is 0 Å². The standard InChI is InChI=1S/C24H30.C6H12.2C2H6/c1-15-10-11-20(17(3)12-15)24-21-9-7-5-6-8-19(21)14-22-18(4)16(2)13-23(22)24;1-2-4-6-5-3-1;2*1-2/h10-12,14,16,18H,5-9,13H2,1-4H3;1-6H2;2*1-2H3. The zero-order valence-corrected chi connectivity index (χ0v) is 23.9. The number of fused-ring (bicyclic) bond motifs is 2. The Labute approximate surface area is 213 Å². The smallest absolute Gasteiger partial charge is 0.0111 e. The molecule has 0 N–H and O–H groups in total. The second-order valence-electron chi connectivity index (χ2n) is 10.4. The van der Waals surface area contributed by atoms with Gasteiger partial charge in [0, 0.05) is 0 Å². The van der Waals surface area contributed by atoms with Gasteiger partial charge in [0.2, 0.25) is 0 Å². The number of aryl methyl sites for hydroxylation is 3. The fraction of sp³-hybridized carbons (Fsp3) is 0.647. The van der Waals surface area contributed by atoms with E-state index in [0.717, 1.165) is 5.92 Å². The molecule has 0 radical (unpaired) electrons. The van der Waals surface area contributed by atoms with Crippen molar-refractivity contribution < 1.29 is 0 Å². The Morgan fingerprint density at radius 3 is 1.79 bits per heavy atom. The molecule has 190 valence electrons. The van der Waals surface area contributed by atoms with E-state index in [0.29, 0.717) is 5.92 Å². The van der Waals surface area contributed by atoms with Gasteiger partial charge in [0.05, 0.1) is 0 Å². The number of rotatable bonds is 1. The molecule has 2 aromatic rings. The highest BCUT2D eigenvalue weighted by atomic mass is 14.4. The molecule has 0 heterocycles. The molecule has 0 aromatic heterocycles. The summed E-state index contributed by atoms with van der Waals surface area (Å²) in [5, 5.41) is 0. The van der Waals surface area contributed by atoms with Gasteiger partial charge in [0.15, 0.2) is 0 Å². The van der Waals surface area contributed by atoms with Crippen molar-refractivity contribution in [3.05, 3.63) is 57.6 Å². The van der Waals surface area contributed by atoms with Crippen molar-refractivity contribution in [1.29, 1.82) is 0 Å². The fourth-order valence-electron chi connectivity index (χ4n) is 6.06. The second kappa shape index (κ2) is 14.8. The minimum Gasteiger partial charge on any atom is -0.0683 e. The molecule has 2 aromatic carbocycles. The molecule has 34 heavy (non-hydrogen) atoms. The first-order valence-electron chi connectivity index (χ1n) is 14.8. The lowest BCUT2D eigenvalue weighted by molar-refractivity contribution is 0.504. The Morgan fingerprint density at radius 2 is 1.21 bits per heavy atom. The van der Waals surface area contributed by atoms with Crippen LogP contribution in [0.1, 0.15) is 139 Å². The van der Waals surface area contributed by atoms with Crippen LogP contribution < -0.4 is 0 Å². The maximum absolute atomic E-state index is 2.59. The van der Waals surface area contributed by atoms with Crippen LogP contribution >= 0.6 is 0 Å². The van der Waals surface area contributed by atoms with Gasteiger partial charge < -0.3 is 0 Å². The summed E-state index contributed by atoms with van der Waals surface area (Å²) >= 11 is 0. The lowest BCUT2D eigenvalue weighted by Gasteiger charge is -2.21. The Bertz CT molecular complexity index is 853. The highest BCUT2D eigenvalue weighted by molar-refractivity contribution is 5.78. The molecule has 2 atom stereocenters. The van der Waals surface area contributed by atoms with Crippen LogP contribution in [0.2, 0.25) is 0 Å². The summed E-state index contributed by atoms with van der Waals surface area (Å²) in [6.07, 6.45) is 16.9. The van der Waals surface area contributed by atoms with E-state index in [4.69, 9.17) is 0 Å². The van der Waals surface area contributed by atoms with E-state index in [1.54, 1.807) is 27.8 Å². The normalized spacial score (nSPS) is 20.7. The van der Waals surface area contributed by atoms with Crippen LogP contribution in [-0.2, 0) is 19.3 Å². The summed E-state index contributed by atoms with van der Waals surface area (Å²) in [6.45, 7) is 17.4. The van der Waals surface area contributed by atoms with Gasteiger partial charge in [-0.3, -0.25) is 0 Å². The minimum atomic E-state index is 0.707. The van der Waals surface area contributed by atoms with Gasteiger partial charge in [0.25, 0.3) is 0 Å². The lowest BCUT2D eigenvalue weighted by atomic mass is 9.84. The molecule has 0 amide bonds. The van der Waals surface area contributed by atoms with Crippen LogP contribution in [0.3, 0.4) is 0 Å². The van der Waals surface area contributed by atoms with Crippen molar-refractivity contribution in [3.8, 4) is 11.1 Å². The molecular weight excluding hydrogens is 408 g/mol. The third-order valence-corrected chi connectivity index (χ3v) is 8.06. The molecule has 0 saturated heterocycles. The maximum atomic E-state index is 2.59. The van der Waals surface area contributed by atoms with E-state index in [-0.39, 0.29) is 0 Å². The fourth-order valence-corrected chi connectivity index (χ4v) is 6.06. The summed E-state index contributed by atoms with van der Waals surface area (Å²) < 4.78 is 0. The first kappa shape index (κ1) is 28.7. The molecule has 3 aliphatic rings. The molecule has 1 fully saturated rings. The summed E-state index contributed by atoms with van der Waals surface area (Å²) in [4.78, 5) is 0. The third-order valence-electron chi connectivity index (χ3n) is 8.06. The summed E-state index contributed by atoms with van der Waals surface area (Å²) in [5.74, 6) is 1.48. The molecule has 0 bridgehead atoms. The molecule has 0 heteroatoms. The largest absolute Gasteiger partial charge is 0.0683 e. The van der Waals surface area contributed by atoms with Gasteiger partial charge in [-0.2, -0.15) is 0 Å². The zero-order chi connectivity index (χ0) is 25.1. The predicted octanol–water partition coefficient (Wildman–Crippen LogP) is 10.9. The Hall–Kier alpha value is -1.56. The predicted molar refractivity (Wildman–Crippen MR) is 154 cm³/mol. The van der Waals surface area contributed by atoms with Crippen molar-refractivity contribution in [1.82, 2.24) is 0 Å². The molecule has 3 aliphatic carbocycles. The van der Waals surface area contributed by atoms with Crippen molar-refractivity contribution in [3.63, 3.8) is 0 Å². The monoisotopic (exact) mass is 462 g/mol. The average Bonchev–Trinajstić information content (AvgIpc) is 3.03. The van der Waals surface area contributed by atoms with Gasteiger partial charge in [-0.05, 0) is 96.7 Å². The van der Waals surface area contributed by atoms with Crippen molar-refractivity contribution >= 4 is 0 Å². The third kappa shape index (κ3) is 6.99. The van der Waals surface area contributed by atoms with E-state index in [1.165, 1.54) is 93.7 Å². The number of benzene rings is 2. The van der Waals surface area contributed by atoms with Gasteiger partial charge >= 0.3 is 0 Å². The van der Waals surface area contributed by atoms with Crippen molar-refractivity contribution in [2.75, 3.05) is 0 Å². The van der Waals surface area contributed by atoms with Crippen LogP contribution in [0.25, 0.3) is 11.1 Å². The second-order valence-corrected chi connectivity index (χ2v) is 10.4. The topological polar surface area (TPSA) is 0 Å². The molecule has 0 spiro atoms. The quantitative estimate of drug-likeness (QED) is 0.370. The Balaban J connectivity index is 0.000000347. The Kier molecular flexibility index (Phi) is 12.4. The molecule has 0 nitrogen and oxygen atoms in total. The minimum absolute atomic E-state index is 0.707. The zero-order valence-electron chi connectivity index (χ0n) is 23.9. The Morgan fingerprint density at radius 1 is 0.647 bits per heavy atom. The van der Waals surface area contributed by atoms with Crippen molar-refractivity contribution in [2.24, 2.45) is 5.92 Å². The molecule has 5 rings (SSSR count). The van der Waals surface area contributed by atoms with E-state index in [9.17, 15) is 0 Å². The van der Waals surface area contributed by atoms with E-state index >= 15 is 0 Å². The van der Waals surface area contributed by atoms with E-state index in [1.807, 2.05) is 27.7 Å². The van der Waals surface area contributed by atoms with Crippen LogP contribution in [0.4, 0.5) is 0 Å². The summed E-state index contributed by atoms with van der Waals surface area (Å²) in [6, 6.07) is 9.64. The number of hydrogen-bond acceptors (Lipinski definition) is 0. The molecule has 2 unspecified atom stereocenters. The molecular formula is C34H54. The van der Waals surface area contributed by atoms with E-state index < -0.39 is 0 Å². The van der Waals surface area contributed by atoms with Gasteiger partial charge in [-0.1, -0.05) is 116 Å². The molecule has 1 saturated carbocycles. The maximum Gasteiger partial charge on any atom is -0.0111 e. The van der Waals surface area contributed by atoms with Crippen molar-refractivity contribution in [2.45, 2.75) is 138 Å². The highest BCUT2D eigenvalue weighted by Crippen LogP contribution is 2.46. The summed E-state index contributed by atoms with van der Waals surface area (Å²) in [5.41, 5.74) is 12.6. The van der Waals surface area contributed by atoms with Gasteiger partial charge in [-0.25, -0.2) is 0 Å². The molecule has 0 aliphatic heterocycles. The summed E-state index contributed by atoms with van der Waals surface area (Å²) in [7, 11) is 0. The van der Waals surface area contributed by atoms with Crippen LogP contribution in [0, 0.1) is 19.8 Å². The first-order chi connectivity index (χ1) is 16.6. The highest BCUT2D eigenvalue weighted by Gasteiger charge is 2.31. The van der Waals surface area contributed by atoms with Gasteiger partial charge in [-0.15, -0.1) is 0 Å².